The van der Waals surface area contributed by atoms with E-state index in [4.69, 9.17) is 26.2 Å². The molecule has 7 nitrogen and oxygen atoms in total. The number of carboxylic acid groups (broad SMARTS) is 1. The molecule has 0 unspecified atom stereocenters. The SMILES string of the molecule is COc1cc(/C=C2\SC(=O)N(Cc3ccccc3F)C2=O)cc(Cl)c1OCC(=O)O. The van der Waals surface area contributed by atoms with E-state index in [0.717, 1.165) is 16.7 Å². The lowest BCUT2D eigenvalue weighted by Crippen LogP contribution is -2.27. The topological polar surface area (TPSA) is 93.1 Å². The van der Waals surface area contributed by atoms with Crippen LogP contribution in [0.25, 0.3) is 6.08 Å². The summed E-state index contributed by atoms with van der Waals surface area (Å²) in [5.74, 6) is -2.03. The summed E-state index contributed by atoms with van der Waals surface area (Å²) in [5.41, 5.74) is 0.668. The van der Waals surface area contributed by atoms with E-state index in [1.54, 1.807) is 6.07 Å². The largest absolute Gasteiger partial charge is 0.493 e. The third-order valence-corrected chi connectivity index (χ3v) is 5.24. The summed E-state index contributed by atoms with van der Waals surface area (Å²) in [5, 5.41) is 8.31. The number of rotatable bonds is 7. The lowest BCUT2D eigenvalue weighted by atomic mass is 10.1. The maximum absolute atomic E-state index is 13.9. The number of aliphatic carboxylic acids is 1. The van der Waals surface area contributed by atoms with E-state index in [2.05, 4.69) is 0 Å². The predicted molar refractivity (Wildman–Crippen MR) is 109 cm³/mol. The number of thioether (sulfide) groups is 1. The Bertz CT molecular complexity index is 1060. The second-order valence-electron chi connectivity index (χ2n) is 6.08. The summed E-state index contributed by atoms with van der Waals surface area (Å²) in [6.45, 7) is -0.787. The van der Waals surface area contributed by atoms with Gasteiger partial charge in [-0.3, -0.25) is 14.5 Å². The number of ether oxygens (including phenoxy) is 2. The van der Waals surface area contributed by atoms with Gasteiger partial charge < -0.3 is 14.6 Å². The minimum absolute atomic E-state index is 0.0476. The molecule has 30 heavy (non-hydrogen) atoms. The van der Waals surface area contributed by atoms with Crippen molar-refractivity contribution in [1.82, 2.24) is 4.90 Å². The van der Waals surface area contributed by atoms with Crippen molar-refractivity contribution in [3.8, 4) is 11.5 Å². The fraction of sp³-hybridized carbons (Fsp3) is 0.150. The zero-order valence-electron chi connectivity index (χ0n) is 15.6. The zero-order chi connectivity index (χ0) is 21.8. The van der Waals surface area contributed by atoms with Gasteiger partial charge in [0.25, 0.3) is 11.1 Å². The summed E-state index contributed by atoms with van der Waals surface area (Å²) in [7, 11) is 1.35. The van der Waals surface area contributed by atoms with Gasteiger partial charge in [0.05, 0.1) is 23.6 Å². The fourth-order valence-corrected chi connectivity index (χ4v) is 3.79. The Hall–Kier alpha value is -3.04. The summed E-state index contributed by atoms with van der Waals surface area (Å²) >= 11 is 6.89. The number of hydrogen-bond donors (Lipinski definition) is 1. The van der Waals surface area contributed by atoms with Gasteiger partial charge in [0.15, 0.2) is 18.1 Å². The molecule has 3 rings (SSSR count). The molecule has 0 aliphatic carbocycles. The maximum atomic E-state index is 13.9. The number of nitrogens with zero attached hydrogens (tertiary/aromatic N) is 1. The molecule has 1 fully saturated rings. The average molecular weight is 452 g/mol. The Balaban J connectivity index is 1.85. The second-order valence-corrected chi connectivity index (χ2v) is 7.48. The Labute approximate surface area is 180 Å². The molecule has 0 bridgehead atoms. The van der Waals surface area contributed by atoms with E-state index in [0.29, 0.717) is 5.56 Å². The third-order valence-electron chi connectivity index (χ3n) is 4.05. The van der Waals surface area contributed by atoms with Gasteiger partial charge in [-0.25, -0.2) is 9.18 Å². The highest BCUT2D eigenvalue weighted by atomic mass is 35.5. The molecule has 1 heterocycles. The quantitative estimate of drug-likeness (QED) is 0.631. The van der Waals surface area contributed by atoms with Crippen molar-refractivity contribution in [3.63, 3.8) is 0 Å². The van der Waals surface area contributed by atoms with Crippen molar-refractivity contribution in [1.29, 1.82) is 0 Å². The monoisotopic (exact) mass is 451 g/mol. The number of benzene rings is 2. The standard InChI is InChI=1S/C20H15ClFNO6S/c1-28-15-7-11(6-13(21)18(15)29-10-17(24)25)8-16-19(26)23(20(27)30-16)9-12-4-2-3-5-14(12)22/h2-8H,9-10H2,1H3,(H,24,25)/b16-8-. The van der Waals surface area contributed by atoms with Gasteiger partial charge in [-0.05, 0) is 41.6 Å². The van der Waals surface area contributed by atoms with Gasteiger partial charge >= 0.3 is 5.97 Å². The number of amides is 2. The molecular formula is C20H15ClFNO6S. The second kappa shape index (κ2) is 9.19. The molecule has 0 atom stereocenters. The van der Waals surface area contributed by atoms with Crippen molar-refractivity contribution in [2.75, 3.05) is 13.7 Å². The normalized spacial score (nSPS) is 15.0. The lowest BCUT2D eigenvalue weighted by Gasteiger charge is -2.13. The number of carbonyl (C=O) groups excluding carboxylic acids is 2. The number of methoxy groups -OCH3 is 1. The summed E-state index contributed by atoms with van der Waals surface area (Å²) in [4.78, 5) is 36.7. The molecule has 10 heteroatoms. The van der Waals surface area contributed by atoms with Crippen LogP contribution in [-0.2, 0) is 16.1 Å². The minimum atomic E-state index is -1.18. The molecule has 2 aromatic carbocycles. The highest BCUT2D eigenvalue weighted by Crippen LogP contribution is 2.39. The van der Waals surface area contributed by atoms with Crippen molar-refractivity contribution < 1.29 is 33.4 Å². The molecule has 0 aromatic heterocycles. The number of hydrogen-bond acceptors (Lipinski definition) is 6. The highest BCUT2D eigenvalue weighted by Gasteiger charge is 2.35. The van der Waals surface area contributed by atoms with Crippen LogP contribution in [0.2, 0.25) is 5.02 Å². The molecule has 0 spiro atoms. The van der Waals surface area contributed by atoms with Crippen LogP contribution in [-0.4, -0.2) is 40.8 Å². The lowest BCUT2D eigenvalue weighted by molar-refractivity contribution is -0.139. The number of carbonyl (C=O) groups is 3. The maximum Gasteiger partial charge on any atom is 0.341 e. The molecule has 1 aliphatic rings. The minimum Gasteiger partial charge on any atom is -0.493 e. The smallest absolute Gasteiger partial charge is 0.341 e. The van der Waals surface area contributed by atoms with E-state index in [1.807, 2.05) is 0 Å². The van der Waals surface area contributed by atoms with Crippen LogP contribution in [0.1, 0.15) is 11.1 Å². The fourth-order valence-electron chi connectivity index (χ4n) is 2.68. The first-order chi connectivity index (χ1) is 14.3. The average Bonchev–Trinajstić information content (AvgIpc) is 2.95. The molecule has 0 radical (unpaired) electrons. The van der Waals surface area contributed by atoms with Crippen LogP contribution in [0, 0.1) is 5.82 Å². The van der Waals surface area contributed by atoms with Crippen molar-refractivity contribution in [2.45, 2.75) is 6.54 Å². The van der Waals surface area contributed by atoms with E-state index >= 15 is 0 Å². The molecule has 0 saturated carbocycles. The number of halogens is 2. The van der Waals surface area contributed by atoms with Gasteiger partial charge in [0, 0.05) is 5.56 Å². The first-order valence-corrected chi connectivity index (χ1v) is 9.70. The number of imide groups is 1. The van der Waals surface area contributed by atoms with E-state index < -0.39 is 29.5 Å². The van der Waals surface area contributed by atoms with Crippen molar-refractivity contribution in [2.24, 2.45) is 0 Å². The molecule has 1 N–H and O–H groups in total. The van der Waals surface area contributed by atoms with Gasteiger partial charge in [0.1, 0.15) is 5.82 Å². The van der Waals surface area contributed by atoms with Crippen molar-refractivity contribution in [3.05, 3.63) is 63.3 Å². The first kappa shape index (κ1) is 21.7. The Morgan fingerprint density at radius 2 is 2.03 bits per heavy atom. The number of carboxylic acids is 1. The first-order valence-electron chi connectivity index (χ1n) is 8.51. The molecular weight excluding hydrogens is 437 g/mol. The third kappa shape index (κ3) is 4.74. The zero-order valence-corrected chi connectivity index (χ0v) is 17.1. The highest BCUT2D eigenvalue weighted by molar-refractivity contribution is 8.18. The Morgan fingerprint density at radius 3 is 2.70 bits per heavy atom. The summed E-state index contributed by atoms with van der Waals surface area (Å²) in [6, 6.07) is 8.85. The van der Waals surface area contributed by atoms with Crippen LogP contribution in [0.3, 0.4) is 0 Å². The van der Waals surface area contributed by atoms with E-state index in [9.17, 15) is 18.8 Å². The van der Waals surface area contributed by atoms with Crippen LogP contribution < -0.4 is 9.47 Å². The van der Waals surface area contributed by atoms with Crippen LogP contribution in [0.5, 0.6) is 11.5 Å². The van der Waals surface area contributed by atoms with Crippen LogP contribution in [0.15, 0.2) is 41.3 Å². The van der Waals surface area contributed by atoms with E-state index in [1.165, 1.54) is 43.5 Å². The summed E-state index contributed by atoms with van der Waals surface area (Å²) in [6.07, 6.45) is 1.45. The van der Waals surface area contributed by atoms with Crippen LogP contribution >= 0.6 is 23.4 Å². The molecule has 1 saturated heterocycles. The summed E-state index contributed by atoms with van der Waals surface area (Å²) < 4.78 is 24.2. The predicted octanol–water partition coefficient (Wildman–Crippen LogP) is 4.19. The van der Waals surface area contributed by atoms with Gasteiger partial charge in [-0.2, -0.15) is 0 Å². The molecule has 2 amide bonds. The molecule has 1 aliphatic heterocycles. The van der Waals surface area contributed by atoms with Gasteiger partial charge in [-0.15, -0.1) is 0 Å². The van der Waals surface area contributed by atoms with Gasteiger partial charge in [0.2, 0.25) is 0 Å². The van der Waals surface area contributed by atoms with E-state index in [-0.39, 0.29) is 33.5 Å². The molecule has 2 aromatic rings. The molecule has 156 valence electrons. The Kier molecular flexibility index (Phi) is 6.63. The van der Waals surface area contributed by atoms with Crippen LogP contribution in [0.4, 0.5) is 9.18 Å². The van der Waals surface area contributed by atoms with Crippen molar-refractivity contribution >= 4 is 46.6 Å². The van der Waals surface area contributed by atoms with Gasteiger partial charge in [-0.1, -0.05) is 29.8 Å². The Morgan fingerprint density at radius 1 is 1.30 bits per heavy atom.